The molecule has 1 rings (SSSR count). The van der Waals surface area contributed by atoms with Gasteiger partial charge in [0.2, 0.25) is 0 Å². The molecule has 3 N–H and O–H groups in total. The van der Waals surface area contributed by atoms with Crippen LogP contribution in [-0.4, -0.2) is 19.0 Å². The maximum atomic E-state index is 5.83. The third-order valence-corrected chi connectivity index (χ3v) is 4.00. The predicted molar refractivity (Wildman–Crippen MR) is 81.4 cm³/mol. The molecule has 0 aliphatic carbocycles. The number of nitrogens with two attached hydrogens (primary N) is 1. The average molecular weight is 267 g/mol. The summed E-state index contributed by atoms with van der Waals surface area (Å²) in [5, 5.41) is 5.28. The molecule has 0 amide bonds. The van der Waals surface area contributed by atoms with Crippen molar-refractivity contribution >= 4 is 17.3 Å². The van der Waals surface area contributed by atoms with Crippen LogP contribution in [-0.2, 0) is 0 Å². The highest BCUT2D eigenvalue weighted by atomic mass is 32.1. The van der Waals surface area contributed by atoms with Gasteiger partial charge in [0.1, 0.15) is 0 Å². The van der Waals surface area contributed by atoms with E-state index in [1.54, 1.807) is 11.3 Å². The first-order valence-electron chi connectivity index (χ1n) is 6.81. The van der Waals surface area contributed by atoms with E-state index in [9.17, 15) is 0 Å². The fourth-order valence-corrected chi connectivity index (χ4v) is 2.50. The predicted octanol–water partition coefficient (Wildman–Crippen LogP) is 3.34. The van der Waals surface area contributed by atoms with Crippen LogP contribution in [0.25, 0.3) is 0 Å². The van der Waals surface area contributed by atoms with Crippen LogP contribution in [0.3, 0.4) is 0 Å². The standard InChI is InChI=1S/C14H25N3S/c1-3-4-5-6-9-16-14(15)17-11-12(2)13-8-7-10-18-13/h7-8,10,12H,3-6,9,11H2,1-2H3,(H3,15,16,17). The van der Waals surface area contributed by atoms with Crippen molar-refractivity contribution in [2.45, 2.75) is 45.4 Å². The summed E-state index contributed by atoms with van der Waals surface area (Å²) in [6.45, 7) is 6.09. The van der Waals surface area contributed by atoms with Gasteiger partial charge in [-0.05, 0) is 17.9 Å². The zero-order valence-electron chi connectivity index (χ0n) is 11.5. The van der Waals surface area contributed by atoms with Crippen molar-refractivity contribution in [2.24, 2.45) is 10.7 Å². The van der Waals surface area contributed by atoms with Crippen molar-refractivity contribution in [3.8, 4) is 0 Å². The van der Waals surface area contributed by atoms with Gasteiger partial charge in [-0.25, -0.2) is 0 Å². The van der Waals surface area contributed by atoms with E-state index in [1.807, 2.05) is 0 Å². The van der Waals surface area contributed by atoms with E-state index < -0.39 is 0 Å². The van der Waals surface area contributed by atoms with E-state index in [2.05, 4.69) is 41.7 Å². The average Bonchev–Trinajstić information content (AvgIpc) is 2.89. The number of guanidine groups is 1. The van der Waals surface area contributed by atoms with Crippen molar-refractivity contribution in [3.63, 3.8) is 0 Å². The van der Waals surface area contributed by atoms with Crippen LogP contribution in [0.5, 0.6) is 0 Å². The summed E-state index contributed by atoms with van der Waals surface area (Å²) in [5.41, 5.74) is 5.83. The maximum absolute atomic E-state index is 5.83. The Balaban J connectivity index is 2.17. The SMILES string of the molecule is CCCCCCNC(N)=NCC(C)c1cccs1. The lowest BCUT2D eigenvalue weighted by Gasteiger charge is -2.08. The highest BCUT2D eigenvalue weighted by Gasteiger charge is 2.05. The number of hydrogen-bond donors (Lipinski definition) is 2. The van der Waals surface area contributed by atoms with E-state index in [4.69, 9.17) is 5.73 Å². The lowest BCUT2D eigenvalue weighted by atomic mass is 10.1. The Bertz CT molecular complexity index is 333. The number of thiophene rings is 1. The van der Waals surface area contributed by atoms with Gasteiger partial charge in [-0.2, -0.15) is 0 Å². The Morgan fingerprint density at radius 3 is 2.94 bits per heavy atom. The van der Waals surface area contributed by atoms with Gasteiger partial charge in [-0.15, -0.1) is 11.3 Å². The van der Waals surface area contributed by atoms with Gasteiger partial charge in [-0.1, -0.05) is 39.2 Å². The van der Waals surface area contributed by atoms with Crippen molar-refractivity contribution in [1.82, 2.24) is 5.32 Å². The van der Waals surface area contributed by atoms with Gasteiger partial charge in [0.25, 0.3) is 0 Å². The van der Waals surface area contributed by atoms with Crippen molar-refractivity contribution in [2.75, 3.05) is 13.1 Å². The molecule has 0 aliphatic heterocycles. The molecule has 0 radical (unpaired) electrons. The Morgan fingerprint density at radius 1 is 1.44 bits per heavy atom. The summed E-state index contributed by atoms with van der Waals surface area (Å²) >= 11 is 1.78. The summed E-state index contributed by atoms with van der Waals surface area (Å²) < 4.78 is 0. The number of aliphatic imine (C=N–C) groups is 1. The summed E-state index contributed by atoms with van der Waals surface area (Å²) in [7, 11) is 0. The first-order valence-corrected chi connectivity index (χ1v) is 7.69. The maximum Gasteiger partial charge on any atom is 0.188 e. The Kier molecular flexibility index (Phi) is 7.49. The number of nitrogens with zero attached hydrogens (tertiary/aromatic N) is 1. The fourth-order valence-electron chi connectivity index (χ4n) is 1.72. The van der Waals surface area contributed by atoms with E-state index >= 15 is 0 Å². The van der Waals surface area contributed by atoms with Crippen LogP contribution in [0.15, 0.2) is 22.5 Å². The topological polar surface area (TPSA) is 50.4 Å². The molecule has 102 valence electrons. The van der Waals surface area contributed by atoms with Gasteiger partial charge in [0.15, 0.2) is 5.96 Å². The summed E-state index contributed by atoms with van der Waals surface area (Å²) in [6, 6.07) is 4.23. The molecule has 1 unspecified atom stereocenters. The van der Waals surface area contributed by atoms with Crippen LogP contribution < -0.4 is 11.1 Å². The molecule has 1 aromatic rings. The molecule has 0 fully saturated rings. The van der Waals surface area contributed by atoms with Gasteiger partial charge < -0.3 is 11.1 Å². The van der Waals surface area contributed by atoms with Crippen molar-refractivity contribution in [3.05, 3.63) is 22.4 Å². The molecule has 3 nitrogen and oxygen atoms in total. The minimum absolute atomic E-state index is 0.449. The number of nitrogens with one attached hydrogen (secondary N) is 1. The number of hydrogen-bond acceptors (Lipinski definition) is 2. The van der Waals surface area contributed by atoms with Gasteiger partial charge >= 0.3 is 0 Å². The monoisotopic (exact) mass is 267 g/mol. The molecule has 1 aromatic heterocycles. The molecule has 0 saturated heterocycles. The van der Waals surface area contributed by atoms with Crippen LogP contribution in [0.4, 0.5) is 0 Å². The summed E-state index contributed by atoms with van der Waals surface area (Å²) in [4.78, 5) is 5.76. The van der Waals surface area contributed by atoms with Gasteiger partial charge in [-0.3, -0.25) is 4.99 Å². The quantitative estimate of drug-likeness (QED) is 0.431. The van der Waals surface area contributed by atoms with Crippen molar-refractivity contribution < 1.29 is 0 Å². The molecular formula is C14H25N3S. The summed E-state index contributed by atoms with van der Waals surface area (Å²) in [6.07, 6.45) is 5.00. The largest absolute Gasteiger partial charge is 0.370 e. The van der Waals surface area contributed by atoms with Gasteiger partial charge in [0.05, 0.1) is 6.54 Å². The molecule has 0 aliphatic rings. The summed E-state index contributed by atoms with van der Waals surface area (Å²) in [5.74, 6) is 1.03. The van der Waals surface area contributed by atoms with Crippen LogP contribution in [0.1, 0.15) is 50.3 Å². The van der Waals surface area contributed by atoms with E-state index in [0.717, 1.165) is 13.1 Å². The molecule has 0 spiro atoms. The highest BCUT2D eigenvalue weighted by molar-refractivity contribution is 7.10. The Hall–Kier alpha value is -1.03. The van der Waals surface area contributed by atoms with Crippen molar-refractivity contribution in [1.29, 1.82) is 0 Å². The van der Waals surface area contributed by atoms with Crippen LogP contribution in [0.2, 0.25) is 0 Å². The first-order chi connectivity index (χ1) is 8.74. The highest BCUT2D eigenvalue weighted by Crippen LogP contribution is 2.20. The zero-order valence-corrected chi connectivity index (χ0v) is 12.3. The normalized spacial score (nSPS) is 13.6. The molecule has 1 heterocycles. The lowest BCUT2D eigenvalue weighted by Crippen LogP contribution is -2.32. The molecule has 0 bridgehead atoms. The first kappa shape index (κ1) is 15.0. The minimum Gasteiger partial charge on any atom is -0.370 e. The Morgan fingerprint density at radius 2 is 2.28 bits per heavy atom. The third kappa shape index (κ3) is 6.05. The Labute approximate surface area is 115 Å². The third-order valence-electron chi connectivity index (χ3n) is 2.90. The van der Waals surface area contributed by atoms with E-state index in [1.165, 1.54) is 30.6 Å². The van der Waals surface area contributed by atoms with E-state index in [0.29, 0.717) is 11.9 Å². The molecule has 0 aromatic carbocycles. The van der Waals surface area contributed by atoms with Crippen LogP contribution in [0, 0.1) is 0 Å². The fraction of sp³-hybridized carbons (Fsp3) is 0.643. The smallest absolute Gasteiger partial charge is 0.188 e. The van der Waals surface area contributed by atoms with Crippen LogP contribution >= 0.6 is 11.3 Å². The van der Waals surface area contributed by atoms with Gasteiger partial charge in [0, 0.05) is 17.3 Å². The second kappa shape index (κ2) is 8.97. The second-order valence-corrected chi connectivity index (χ2v) is 5.61. The second-order valence-electron chi connectivity index (χ2n) is 4.63. The molecule has 18 heavy (non-hydrogen) atoms. The number of unbranched alkanes of at least 4 members (excludes halogenated alkanes) is 3. The number of rotatable bonds is 8. The molecule has 1 atom stereocenters. The molecule has 4 heteroatoms. The zero-order chi connectivity index (χ0) is 13.2. The van der Waals surface area contributed by atoms with E-state index in [-0.39, 0.29) is 0 Å². The molecular weight excluding hydrogens is 242 g/mol. The molecule has 0 saturated carbocycles. The minimum atomic E-state index is 0.449. The lowest BCUT2D eigenvalue weighted by molar-refractivity contribution is 0.651.